The number of hydrogen-bond acceptors (Lipinski definition) is 9. The lowest BCUT2D eigenvalue weighted by atomic mass is 9.84. The van der Waals surface area contributed by atoms with Crippen LogP contribution < -0.4 is 10.1 Å². The van der Waals surface area contributed by atoms with Gasteiger partial charge in [0, 0.05) is 56.9 Å². The molecule has 0 bridgehead atoms. The second-order valence-corrected chi connectivity index (χ2v) is 10.6. The third-order valence-electron chi connectivity index (χ3n) is 7.26. The summed E-state index contributed by atoms with van der Waals surface area (Å²) >= 11 is 0. The Morgan fingerprint density at radius 3 is 2.55 bits per heavy atom. The number of hydrogen-bond donors (Lipinski definition) is 1. The molecule has 2 aliphatic rings. The molecule has 2 amide bonds. The van der Waals surface area contributed by atoms with Crippen molar-refractivity contribution in [1.29, 1.82) is 0 Å². The summed E-state index contributed by atoms with van der Waals surface area (Å²) < 4.78 is 53.2. The maximum Gasteiger partial charge on any atom is 0.573 e. The first-order chi connectivity index (χ1) is 20.1. The molecular formula is C28H34F3N7O4. The minimum atomic E-state index is -4.77. The third-order valence-corrected chi connectivity index (χ3v) is 7.26. The number of carbonyl (C=O) groups is 1. The molecule has 226 valence electrons. The van der Waals surface area contributed by atoms with Gasteiger partial charge in [-0.1, -0.05) is 17.3 Å². The van der Waals surface area contributed by atoms with Gasteiger partial charge in [-0.3, -0.25) is 0 Å². The van der Waals surface area contributed by atoms with E-state index < -0.39 is 6.36 Å². The number of nitrogens with zero attached hydrogens (tertiary/aromatic N) is 6. The van der Waals surface area contributed by atoms with Gasteiger partial charge < -0.3 is 34.0 Å². The molecule has 5 rings (SSSR count). The minimum Gasteiger partial charge on any atom is -0.406 e. The van der Waals surface area contributed by atoms with Gasteiger partial charge in [-0.05, 0) is 50.3 Å². The van der Waals surface area contributed by atoms with Crippen molar-refractivity contribution >= 4 is 11.8 Å². The number of ether oxygens (including phenoxy) is 2. The van der Waals surface area contributed by atoms with Crippen molar-refractivity contribution in [3.05, 3.63) is 54.0 Å². The maximum atomic E-state index is 13.5. The van der Waals surface area contributed by atoms with Crippen LogP contribution in [0.1, 0.15) is 29.7 Å². The number of morpholine rings is 1. The SMILES string of the molecule is CN(C)CCNc1cc(-c2noc(C3CC(c4ccc(OC(F)(F)F)cc4)CN(C(=O)N4CCOCC4)C3)n2)ccn1. The van der Waals surface area contributed by atoms with Crippen LogP contribution in [0.15, 0.2) is 47.1 Å². The molecule has 14 heteroatoms. The summed E-state index contributed by atoms with van der Waals surface area (Å²) in [4.78, 5) is 28.1. The molecule has 4 heterocycles. The van der Waals surface area contributed by atoms with E-state index in [0.717, 1.165) is 24.2 Å². The highest BCUT2D eigenvalue weighted by Crippen LogP contribution is 2.37. The number of halogens is 3. The van der Waals surface area contributed by atoms with Gasteiger partial charge in [0.25, 0.3) is 0 Å². The maximum absolute atomic E-state index is 13.5. The predicted molar refractivity (Wildman–Crippen MR) is 147 cm³/mol. The third kappa shape index (κ3) is 7.68. The van der Waals surface area contributed by atoms with Gasteiger partial charge in [0.15, 0.2) is 0 Å². The van der Waals surface area contributed by atoms with Gasteiger partial charge in [-0.25, -0.2) is 9.78 Å². The Bertz CT molecular complexity index is 1330. The Balaban J connectivity index is 1.35. The van der Waals surface area contributed by atoms with Crippen molar-refractivity contribution in [3.8, 4) is 17.1 Å². The van der Waals surface area contributed by atoms with Crippen LogP contribution in [-0.4, -0.2) is 109 Å². The van der Waals surface area contributed by atoms with Crippen molar-refractivity contribution < 1.29 is 32.0 Å². The summed E-state index contributed by atoms with van der Waals surface area (Å²) in [7, 11) is 3.99. The Hall–Kier alpha value is -3.91. The highest BCUT2D eigenvalue weighted by molar-refractivity contribution is 5.75. The van der Waals surface area contributed by atoms with Gasteiger partial charge >= 0.3 is 12.4 Å². The van der Waals surface area contributed by atoms with Crippen LogP contribution in [0.2, 0.25) is 0 Å². The first kappa shape index (κ1) is 29.6. The monoisotopic (exact) mass is 589 g/mol. The van der Waals surface area contributed by atoms with E-state index >= 15 is 0 Å². The molecule has 1 N–H and O–H groups in total. The molecule has 0 aliphatic carbocycles. The number of amides is 2. The Morgan fingerprint density at radius 2 is 1.83 bits per heavy atom. The lowest BCUT2D eigenvalue weighted by Gasteiger charge is -2.40. The Labute approximate surface area is 241 Å². The van der Waals surface area contributed by atoms with Crippen molar-refractivity contribution in [1.82, 2.24) is 29.8 Å². The summed E-state index contributed by atoms with van der Waals surface area (Å²) in [5.74, 6) is 0.751. The van der Waals surface area contributed by atoms with Crippen LogP contribution in [0.3, 0.4) is 0 Å². The van der Waals surface area contributed by atoms with E-state index in [1.807, 2.05) is 20.2 Å². The molecule has 2 saturated heterocycles. The van der Waals surface area contributed by atoms with E-state index in [-0.39, 0.29) is 23.6 Å². The molecule has 0 spiro atoms. The molecule has 2 aromatic heterocycles. The quantitative estimate of drug-likeness (QED) is 0.417. The standard InChI is InChI=1S/C28H34F3N7O4/c1-36(2)10-9-33-24-16-20(7-8-32-24)25-34-26(42-35-25)22-15-21(19-3-5-23(6-4-19)41-28(29,30)31)17-38(18-22)27(39)37-11-13-40-14-12-37/h3-8,16,21-22H,9-15,17-18H2,1-2H3,(H,32,33). The van der Waals surface area contributed by atoms with Crippen LogP contribution in [-0.2, 0) is 4.74 Å². The average Bonchev–Trinajstić information content (AvgIpc) is 3.47. The first-order valence-corrected chi connectivity index (χ1v) is 13.8. The zero-order valence-electron chi connectivity index (χ0n) is 23.5. The second kappa shape index (κ2) is 12.9. The molecule has 1 aromatic carbocycles. The number of aromatic nitrogens is 3. The summed E-state index contributed by atoms with van der Waals surface area (Å²) in [6.07, 6.45) is -2.52. The Kier molecular flexibility index (Phi) is 9.12. The van der Waals surface area contributed by atoms with E-state index in [1.165, 1.54) is 12.1 Å². The number of carbonyl (C=O) groups excluding carboxylic acids is 1. The predicted octanol–water partition coefficient (Wildman–Crippen LogP) is 4.03. The van der Waals surface area contributed by atoms with E-state index in [0.29, 0.717) is 63.3 Å². The minimum absolute atomic E-state index is 0.118. The largest absolute Gasteiger partial charge is 0.573 e. The number of piperidine rings is 1. The first-order valence-electron chi connectivity index (χ1n) is 13.8. The second-order valence-electron chi connectivity index (χ2n) is 10.6. The van der Waals surface area contributed by atoms with E-state index in [1.54, 1.807) is 34.2 Å². The van der Waals surface area contributed by atoms with Crippen molar-refractivity contribution in [2.75, 3.05) is 71.9 Å². The molecule has 2 unspecified atom stereocenters. The number of nitrogens with one attached hydrogen (secondary N) is 1. The van der Waals surface area contributed by atoms with Gasteiger partial charge in [0.05, 0.1) is 19.1 Å². The van der Waals surface area contributed by atoms with Gasteiger partial charge in [-0.15, -0.1) is 13.2 Å². The molecule has 2 fully saturated rings. The van der Waals surface area contributed by atoms with Crippen LogP contribution in [0, 0.1) is 0 Å². The number of likely N-dealkylation sites (N-methyl/N-ethyl adjacent to an activating group) is 1. The van der Waals surface area contributed by atoms with Crippen molar-refractivity contribution in [3.63, 3.8) is 0 Å². The number of alkyl halides is 3. The van der Waals surface area contributed by atoms with Crippen LogP contribution in [0.4, 0.5) is 23.8 Å². The topological polar surface area (TPSA) is 109 Å². The molecule has 2 aliphatic heterocycles. The molecule has 11 nitrogen and oxygen atoms in total. The van der Waals surface area contributed by atoms with Crippen molar-refractivity contribution in [2.24, 2.45) is 0 Å². The van der Waals surface area contributed by atoms with E-state index in [4.69, 9.17) is 9.26 Å². The lowest BCUT2D eigenvalue weighted by Crippen LogP contribution is -2.52. The number of pyridine rings is 1. The summed E-state index contributed by atoms with van der Waals surface area (Å²) in [6, 6.07) is 9.32. The molecule has 3 aromatic rings. The van der Waals surface area contributed by atoms with E-state index in [9.17, 15) is 18.0 Å². The van der Waals surface area contributed by atoms with Gasteiger partial charge in [0.1, 0.15) is 11.6 Å². The molecule has 42 heavy (non-hydrogen) atoms. The summed E-state index contributed by atoms with van der Waals surface area (Å²) in [5.41, 5.74) is 1.53. The van der Waals surface area contributed by atoms with Gasteiger partial charge in [0.2, 0.25) is 11.7 Å². The average molecular weight is 590 g/mol. The number of anilines is 1. The highest BCUT2D eigenvalue weighted by atomic mass is 19.4. The summed E-state index contributed by atoms with van der Waals surface area (Å²) in [5, 5.41) is 7.49. The lowest BCUT2D eigenvalue weighted by molar-refractivity contribution is -0.274. The normalized spacial score (nSPS) is 19.7. The fourth-order valence-corrected chi connectivity index (χ4v) is 5.16. The molecule has 0 radical (unpaired) electrons. The fourth-order valence-electron chi connectivity index (χ4n) is 5.16. The van der Waals surface area contributed by atoms with Gasteiger partial charge in [-0.2, -0.15) is 4.98 Å². The smallest absolute Gasteiger partial charge is 0.406 e. The molecule has 2 atom stereocenters. The van der Waals surface area contributed by atoms with E-state index in [2.05, 4.69) is 30.1 Å². The van der Waals surface area contributed by atoms with Crippen LogP contribution in [0.5, 0.6) is 5.75 Å². The molecular weight excluding hydrogens is 555 g/mol. The van der Waals surface area contributed by atoms with Crippen LogP contribution >= 0.6 is 0 Å². The fraction of sp³-hybridized carbons (Fsp3) is 0.500. The number of benzene rings is 1. The van der Waals surface area contributed by atoms with Crippen molar-refractivity contribution in [2.45, 2.75) is 24.6 Å². The zero-order valence-corrected chi connectivity index (χ0v) is 23.5. The summed E-state index contributed by atoms with van der Waals surface area (Å²) in [6.45, 7) is 4.27. The molecule has 0 saturated carbocycles. The highest BCUT2D eigenvalue weighted by Gasteiger charge is 2.37. The number of urea groups is 1. The Morgan fingerprint density at radius 1 is 1.10 bits per heavy atom. The van der Waals surface area contributed by atoms with Crippen LogP contribution in [0.25, 0.3) is 11.4 Å². The zero-order chi connectivity index (χ0) is 29.7. The number of likely N-dealkylation sites (tertiary alicyclic amines) is 1. The number of rotatable bonds is 8.